The Balaban J connectivity index is 2.04. The van der Waals surface area contributed by atoms with Gasteiger partial charge in [0, 0.05) is 35.6 Å². The first-order chi connectivity index (χ1) is 12.1. The van der Waals surface area contributed by atoms with E-state index in [0.717, 1.165) is 34.3 Å². The van der Waals surface area contributed by atoms with E-state index < -0.39 is 0 Å². The molecule has 1 aromatic heterocycles. The SMILES string of the molecule is CCN(Cc1ccccc1)C(=O)c1c(C)c2cc(Cl)ccc2n1CC. The highest BCUT2D eigenvalue weighted by molar-refractivity contribution is 6.31. The Hall–Kier alpha value is -2.26. The maximum Gasteiger partial charge on any atom is 0.271 e. The summed E-state index contributed by atoms with van der Waals surface area (Å²) in [5.41, 5.74) is 3.95. The molecule has 0 saturated heterocycles. The van der Waals surface area contributed by atoms with Crippen molar-refractivity contribution in [3.05, 3.63) is 70.4 Å². The molecule has 1 amide bonds. The summed E-state index contributed by atoms with van der Waals surface area (Å²) in [6, 6.07) is 15.9. The van der Waals surface area contributed by atoms with Crippen LogP contribution >= 0.6 is 11.6 Å². The van der Waals surface area contributed by atoms with Crippen LogP contribution in [0.4, 0.5) is 0 Å². The van der Waals surface area contributed by atoms with Gasteiger partial charge in [-0.15, -0.1) is 0 Å². The van der Waals surface area contributed by atoms with Crippen LogP contribution in [-0.2, 0) is 13.1 Å². The average Bonchev–Trinajstić information content (AvgIpc) is 2.91. The maximum atomic E-state index is 13.3. The number of amides is 1. The van der Waals surface area contributed by atoms with Crippen molar-refractivity contribution in [2.24, 2.45) is 0 Å². The normalized spacial score (nSPS) is 11.0. The highest BCUT2D eigenvalue weighted by Crippen LogP contribution is 2.29. The summed E-state index contributed by atoms with van der Waals surface area (Å²) in [6.07, 6.45) is 0. The zero-order valence-electron chi connectivity index (χ0n) is 14.9. The molecule has 4 heteroatoms. The Kier molecular flexibility index (Phi) is 5.14. The zero-order valence-corrected chi connectivity index (χ0v) is 15.7. The van der Waals surface area contributed by atoms with Gasteiger partial charge in [0.05, 0.1) is 0 Å². The van der Waals surface area contributed by atoms with E-state index in [-0.39, 0.29) is 5.91 Å². The molecule has 0 fully saturated rings. The smallest absolute Gasteiger partial charge is 0.271 e. The number of aromatic nitrogens is 1. The van der Waals surface area contributed by atoms with Gasteiger partial charge in [-0.05, 0) is 50.1 Å². The minimum absolute atomic E-state index is 0.0676. The number of aryl methyl sites for hydroxylation is 2. The van der Waals surface area contributed by atoms with Crippen LogP contribution in [0.1, 0.15) is 35.5 Å². The van der Waals surface area contributed by atoms with Gasteiger partial charge in [0.25, 0.3) is 5.91 Å². The predicted octanol–water partition coefficient (Wildman–Crippen LogP) is 5.29. The predicted molar refractivity (Wildman–Crippen MR) is 104 cm³/mol. The maximum absolute atomic E-state index is 13.3. The third kappa shape index (κ3) is 3.29. The van der Waals surface area contributed by atoms with Gasteiger partial charge in [0.2, 0.25) is 0 Å². The van der Waals surface area contributed by atoms with E-state index in [1.165, 1.54) is 0 Å². The molecule has 0 N–H and O–H groups in total. The van der Waals surface area contributed by atoms with Crippen LogP contribution in [0.3, 0.4) is 0 Å². The van der Waals surface area contributed by atoms with E-state index in [9.17, 15) is 4.79 Å². The van der Waals surface area contributed by atoms with Crippen LogP contribution in [0.5, 0.6) is 0 Å². The monoisotopic (exact) mass is 354 g/mol. The molecule has 0 bridgehead atoms. The van der Waals surface area contributed by atoms with Crippen LogP contribution in [0.15, 0.2) is 48.5 Å². The van der Waals surface area contributed by atoms with Crippen molar-refractivity contribution >= 4 is 28.4 Å². The van der Waals surface area contributed by atoms with Crippen molar-refractivity contribution in [3.63, 3.8) is 0 Å². The van der Waals surface area contributed by atoms with E-state index in [2.05, 4.69) is 23.6 Å². The molecule has 0 aliphatic rings. The summed E-state index contributed by atoms with van der Waals surface area (Å²) in [6.45, 7) is 8.12. The molecule has 0 spiro atoms. The van der Waals surface area contributed by atoms with E-state index in [1.807, 2.05) is 55.1 Å². The standard InChI is InChI=1S/C21H23ClN2O/c1-4-23(14-16-9-7-6-8-10-16)21(25)20-15(3)18-13-17(22)11-12-19(18)24(20)5-2/h6-13H,4-5,14H2,1-3H3. The number of hydrogen-bond acceptors (Lipinski definition) is 1. The third-order valence-electron chi connectivity index (χ3n) is 4.68. The molecule has 3 aromatic rings. The van der Waals surface area contributed by atoms with Gasteiger partial charge in [-0.3, -0.25) is 4.79 Å². The molecule has 0 aliphatic heterocycles. The lowest BCUT2D eigenvalue weighted by Gasteiger charge is -2.22. The second-order valence-corrected chi connectivity index (χ2v) is 6.62. The molecule has 130 valence electrons. The first-order valence-electron chi connectivity index (χ1n) is 8.68. The van der Waals surface area contributed by atoms with Gasteiger partial charge in [-0.2, -0.15) is 0 Å². The van der Waals surface area contributed by atoms with Crippen LogP contribution in [-0.4, -0.2) is 21.9 Å². The minimum atomic E-state index is 0.0676. The van der Waals surface area contributed by atoms with E-state index in [4.69, 9.17) is 11.6 Å². The number of hydrogen-bond donors (Lipinski definition) is 0. The molecule has 0 radical (unpaired) electrons. The minimum Gasteiger partial charge on any atom is -0.337 e. The van der Waals surface area contributed by atoms with Crippen LogP contribution in [0.25, 0.3) is 10.9 Å². The first kappa shape index (κ1) is 17.6. The van der Waals surface area contributed by atoms with Crippen molar-refractivity contribution in [2.75, 3.05) is 6.54 Å². The van der Waals surface area contributed by atoms with E-state index in [0.29, 0.717) is 18.1 Å². The fraction of sp³-hybridized carbons (Fsp3) is 0.286. The van der Waals surface area contributed by atoms with Gasteiger partial charge in [0.15, 0.2) is 0 Å². The fourth-order valence-corrected chi connectivity index (χ4v) is 3.55. The summed E-state index contributed by atoms with van der Waals surface area (Å²) in [7, 11) is 0. The molecule has 0 unspecified atom stereocenters. The number of rotatable bonds is 5. The summed E-state index contributed by atoms with van der Waals surface area (Å²) in [4.78, 5) is 15.2. The Labute approximate surface area is 153 Å². The van der Waals surface area contributed by atoms with Crippen molar-refractivity contribution in [1.82, 2.24) is 9.47 Å². The van der Waals surface area contributed by atoms with Crippen molar-refractivity contribution in [3.8, 4) is 0 Å². The third-order valence-corrected chi connectivity index (χ3v) is 4.92. The number of halogens is 1. The van der Waals surface area contributed by atoms with Crippen molar-refractivity contribution < 1.29 is 4.79 Å². The number of nitrogens with zero attached hydrogens (tertiary/aromatic N) is 2. The quantitative estimate of drug-likeness (QED) is 0.611. The van der Waals surface area contributed by atoms with Crippen LogP contribution in [0, 0.1) is 6.92 Å². The summed E-state index contributed by atoms with van der Waals surface area (Å²) < 4.78 is 2.09. The molecule has 1 heterocycles. The molecule has 2 aromatic carbocycles. The average molecular weight is 355 g/mol. The highest BCUT2D eigenvalue weighted by atomic mass is 35.5. The second kappa shape index (κ2) is 7.32. The summed E-state index contributed by atoms with van der Waals surface area (Å²) >= 11 is 6.17. The molecule has 25 heavy (non-hydrogen) atoms. The molecule has 3 nitrogen and oxygen atoms in total. The zero-order chi connectivity index (χ0) is 18.0. The number of benzene rings is 2. The molecule has 0 aliphatic carbocycles. The van der Waals surface area contributed by atoms with E-state index >= 15 is 0 Å². The number of carbonyl (C=O) groups is 1. The van der Waals surface area contributed by atoms with Crippen LogP contribution in [0.2, 0.25) is 5.02 Å². The van der Waals surface area contributed by atoms with Gasteiger partial charge >= 0.3 is 0 Å². The lowest BCUT2D eigenvalue weighted by Crippen LogP contribution is -2.32. The first-order valence-corrected chi connectivity index (χ1v) is 9.06. The summed E-state index contributed by atoms with van der Waals surface area (Å²) in [5.74, 6) is 0.0676. The molecule has 3 rings (SSSR count). The van der Waals surface area contributed by atoms with Crippen molar-refractivity contribution in [2.45, 2.75) is 33.9 Å². The number of fused-ring (bicyclic) bond motifs is 1. The largest absolute Gasteiger partial charge is 0.337 e. The molecule has 0 atom stereocenters. The number of carbonyl (C=O) groups excluding carboxylic acids is 1. The Morgan fingerprint density at radius 3 is 2.48 bits per heavy atom. The second-order valence-electron chi connectivity index (χ2n) is 6.18. The molecule has 0 saturated carbocycles. The Morgan fingerprint density at radius 1 is 1.12 bits per heavy atom. The fourth-order valence-electron chi connectivity index (χ4n) is 3.38. The van der Waals surface area contributed by atoms with E-state index in [1.54, 1.807) is 0 Å². The highest BCUT2D eigenvalue weighted by Gasteiger charge is 2.23. The summed E-state index contributed by atoms with van der Waals surface area (Å²) in [5, 5.41) is 1.74. The topological polar surface area (TPSA) is 25.2 Å². The Morgan fingerprint density at radius 2 is 1.84 bits per heavy atom. The molecular weight excluding hydrogens is 332 g/mol. The van der Waals surface area contributed by atoms with Gasteiger partial charge in [-0.25, -0.2) is 0 Å². The van der Waals surface area contributed by atoms with Crippen molar-refractivity contribution in [1.29, 1.82) is 0 Å². The molecular formula is C21H23ClN2O. The lowest BCUT2D eigenvalue weighted by atomic mass is 10.1. The van der Waals surface area contributed by atoms with Gasteiger partial charge < -0.3 is 9.47 Å². The van der Waals surface area contributed by atoms with Gasteiger partial charge in [0.1, 0.15) is 5.69 Å². The Bertz CT molecular complexity index is 899. The lowest BCUT2D eigenvalue weighted by molar-refractivity contribution is 0.0741. The van der Waals surface area contributed by atoms with Crippen LogP contribution < -0.4 is 0 Å². The van der Waals surface area contributed by atoms with Gasteiger partial charge in [-0.1, -0.05) is 41.9 Å².